The van der Waals surface area contributed by atoms with Gasteiger partial charge in [-0.05, 0) is 61.9 Å². The van der Waals surface area contributed by atoms with E-state index in [1.165, 1.54) is 6.42 Å². The zero-order chi connectivity index (χ0) is 19.3. The predicted octanol–water partition coefficient (Wildman–Crippen LogP) is 3.74. The topological polar surface area (TPSA) is 61.4 Å². The minimum Gasteiger partial charge on any atom is -0.370 e. The number of rotatable bonds is 6. The molecule has 0 bridgehead atoms. The molecule has 1 saturated carbocycles. The number of benzene rings is 2. The Bertz CT molecular complexity index is 810. The van der Waals surface area contributed by atoms with E-state index in [2.05, 4.69) is 10.6 Å². The standard InChI is InChI=1S/C23H27N3O2/c27-22(25-20-13-14-20)18-9-11-19(12-10-18)24-21(17-7-3-1-4-8-17)23(28)26-15-5-2-6-16-26/h1,3-4,7-12,20-21,24H,2,5-6,13-16H2,(H,25,27)/t21-/m0/s1. The van der Waals surface area contributed by atoms with Crippen molar-refractivity contribution in [2.75, 3.05) is 18.4 Å². The minimum atomic E-state index is -0.426. The van der Waals surface area contributed by atoms with Gasteiger partial charge in [-0.2, -0.15) is 0 Å². The first-order valence-electron chi connectivity index (χ1n) is 10.2. The van der Waals surface area contributed by atoms with Crippen molar-refractivity contribution in [1.29, 1.82) is 0 Å². The van der Waals surface area contributed by atoms with Crippen molar-refractivity contribution in [3.63, 3.8) is 0 Å². The first-order chi connectivity index (χ1) is 13.7. The van der Waals surface area contributed by atoms with E-state index < -0.39 is 6.04 Å². The fourth-order valence-electron chi connectivity index (χ4n) is 3.61. The Hall–Kier alpha value is -2.82. The van der Waals surface area contributed by atoms with E-state index in [1.54, 1.807) is 0 Å². The van der Waals surface area contributed by atoms with Crippen LogP contribution in [0.2, 0.25) is 0 Å². The summed E-state index contributed by atoms with van der Waals surface area (Å²) in [5, 5.41) is 6.39. The maximum atomic E-state index is 13.2. The Labute approximate surface area is 166 Å². The molecule has 0 spiro atoms. The highest BCUT2D eigenvalue weighted by molar-refractivity contribution is 5.95. The van der Waals surface area contributed by atoms with Crippen LogP contribution in [0, 0.1) is 0 Å². The van der Waals surface area contributed by atoms with Crippen molar-refractivity contribution in [3.05, 3.63) is 65.7 Å². The van der Waals surface area contributed by atoms with Crippen LogP contribution >= 0.6 is 0 Å². The molecule has 2 amide bonds. The first kappa shape index (κ1) is 18.5. The molecule has 1 heterocycles. The highest BCUT2D eigenvalue weighted by atomic mass is 16.2. The lowest BCUT2D eigenvalue weighted by atomic mass is 10.0. The lowest BCUT2D eigenvalue weighted by molar-refractivity contribution is -0.133. The monoisotopic (exact) mass is 377 g/mol. The van der Waals surface area contributed by atoms with E-state index in [-0.39, 0.29) is 11.8 Å². The third kappa shape index (κ3) is 4.53. The van der Waals surface area contributed by atoms with Gasteiger partial charge in [0.2, 0.25) is 5.91 Å². The molecular formula is C23H27N3O2. The molecule has 2 fully saturated rings. The minimum absolute atomic E-state index is 0.0296. The summed E-state index contributed by atoms with van der Waals surface area (Å²) in [4.78, 5) is 27.3. The largest absolute Gasteiger partial charge is 0.370 e. The lowest BCUT2D eigenvalue weighted by Crippen LogP contribution is -2.41. The van der Waals surface area contributed by atoms with Gasteiger partial charge in [0.15, 0.2) is 0 Å². The van der Waals surface area contributed by atoms with E-state index in [0.717, 1.165) is 50.0 Å². The number of hydrogen-bond donors (Lipinski definition) is 2. The van der Waals surface area contributed by atoms with Gasteiger partial charge in [-0.15, -0.1) is 0 Å². The molecule has 1 saturated heterocycles. The molecule has 1 aliphatic carbocycles. The maximum absolute atomic E-state index is 13.2. The van der Waals surface area contributed by atoms with Gasteiger partial charge in [0.25, 0.3) is 5.91 Å². The first-order valence-corrected chi connectivity index (χ1v) is 10.2. The van der Waals surface area contributed by atoms with E-state index in [4.69, 9.17) is 0 Å². The van der Waals surface area contributed by atoms with Crippen molar-refractivity contribution in [2.45, 2.75) is 44.2 Å². The summed E-state index contributed by atoms with van der Waals surface area (Å²) in [6.45, 7) is 1.65. The molecule has 28 heavy (non-hydrogen) atoms. The summed E-state index contributed by atoms with van der Waals surface area (Å²) >= 11 is 0. The van der Waals surface area contributed by atoms with Crippen molar-refractivity contribution in [1.82, 2.24) is 10.2 Å². The number of anilines is 1. The molecule has 2 aliphatic rings. The van der Waals surface area contributed by atoms with Gasteiger partial charge in [-0.1, -0.05) is 30.3 Å². The molecule has 2 aromatic rings. The van der Waals surface area contributed by atoms with Crippen LogP contribution in [0.3, 0.4) is 0 Å². The smallest absolute Gasteiger partial charge is 0.251 e. The van der Waals surface area contributed by atoms with Gasteiger partial charge in [0.1, 0.15) is 6.04 Å². The highest BCUT2D eigenvalue weighted by Crippen LogP contribution is 2.24. The third-order valence-corrected chi connectivity index (χ3v) is 5.42. The van der Waals surface area contributed by atoms with E-state index >= 15 is 0 Å². The molecular weight excluding hydrogens is 350 g/mol. The number of carbonyl (C=O) groups is 2. The van der Waals surface area contributed by atoms with Crippen molar-refractivity contribution < 1.29 is 9.59 Å². The van der Waals surface area contributed by atoms with Crippen molar-refractivity contribution in [3.8, 4) is 0 Å². The molecule has 0 radical (unpaired) electrons. The number of nitrogens with zero attached hydrogens (tertiary/aromatic N) is 1. The van der Waals surface area contributed by atoms with Gasteiger partial charge in [0, 0.05) is 30.4 Å². The van der Waals surface area contributed by atoms with E-state index in [0.29, 0.717) is 11.6 Å². The quantitative estimate of drug-likeness (QED) is 0.806. The second kappa shape index (κ2) is 8.46. The third-order valence-electron chi connectivity index (χ3n) is 5.42. The summed E-state index contributed by atoms with van der Waals surface area (Å²) in [5.74, 6) is 0.0829. The predicted molar refractivity (Wildman–Crippen MR) is 110 cm³/mol. The van der Waals surface area contributed by atoms with Crippen LogP contribution < -0.4 is 10.6 Å². The summed E-state index contributed by atoms with van der Waals surface area (Å²) in [6.07, 6.45) is 5.47. The molecule has 146 valence electrons. The average molecular weight is 377 g/mol. The van der Waals surface area contributed by atoms with Crippen LogP contribution in [-0.4, -0.2) is 35.8 Å². The number of likely N-dealkylation sites (tertiary alicyclic amines) is 1. The second-order valence-electron chi connectivity index (χ2n) is 7.70. The van der Waals surface area contributed by atoms with Gasteiger partial charge >= 0.3 is 0 Å². The fourth-order valence-corrected chi connectivity index (χ4v) is 3.61. The SMILES string of the molecule is O=C(NC1CC1)c1ccc(N[C@H](C(=O)N2CCCCC2)c2ccccc2)cc1. The van der Waals surface area contributed by atoms with Gasteiger partial charge in [0.05, 0.1) is 0 Å². The summed E-state index contributed by atoms with van der Waals surface area (Å²) < 4.78 is 0. The highest BCUT2D eigenvalue weighted by Gasteiger charge is 2.27. The van der Waals surface area contributed by atoms with E-state index in [1.807, 2.05) is 59.5 Å². The Morgan fingerprint density at radius 1 is 0.893 bits per heavy atom. The zero-order valence-electron chi connectivity index (χ0n) is 16.1. The number of nitrogens with one attached hydrogen (secondary N) is 2. The molecule has 1 aliphatic heterocycles. The summed E-state index contributed by atoms with van der Waals surface area (Å²) in [7, 11) is 0. The van der Waals surface area contributed by atoms with Crippen LogP contribution in [0.4, 0.5) is 5.69 Å². The van der Waals surface area contributed by atoms with E-state index in [9.17, 15) is 9.59 Å². The zero-order valence-corrected chi connectivity index (χ0v) is 16.1. The Kier molecular flexibility index (Phi) is 5.60. The number of piperidine rings is 1. The molecule has 4 rings (SSSR count). The average Bonchev–Trinajstić information content (AvgIpc) is 3.57. The fraction of sp³-hybridized carbons (Fsp3) is 0.391. The lowest BCUT2D eigenvalue weighted by Gasteiger charge is -2.31. The Balaban J connectivity index is 1.50. The molecule has 1 atom stereocenters. The molecule has 2 aromatic carbocycles. The summed E-state index contributed by atoms with van der Waals surface area (Å²) in [5.41, 5.74) is 2.44. The number of carbonyl (C=O) groups excluding carboxylic acids is 2. The molecule has 5 nitrogen and oxygen atoms in total. The Morgan fingerprint density at radius 2 is 1.57 bits per heavy atom. The molecule has 2 N–H and O–H groups in total. The Morgan fingerprint density at radius 3 is 2.21 bits per heavy atom. The van der Waals surface area contributed by atoms with Crippen LogP contribution in [0.15, 0.2) is 54.6 Å². The van der Waals surface area contributed by atoms with Gasteiger partial charge < -0.3 is 15.5 Å². The molecule has 0 unspecified atom stereocenters. The van der Waals surface area contributed by atoms with Crippen molar-refractivity contribution >= 4 is 17.5 Å². The summed E-state index contributed by atoms with van der Waals surface area (Å²) in [6, 6.07) is 17.1. The van der Waals surface area contributed by atoms with Crippen LogP contribution in [0.5, 0.6) is 0 Å². The van der Waals surface area contributed by atoms with Crippen molar-refractivity contribution in [2.24, 2.45) is 0 Å². The van der Waals surface area contributed by atoms with Gasteiger partial charge in [-0.25, -0.2) is 0 Å². The van der Waals surface area contributed by atoms with Crippen LogP contribution in [-0.2, 0) is 4.79 Å². The molecule has 5 heteroatoms. The molecule has 0 aromatic heterocycles. The normalized spacial score (nSPS) is 17.6. The number of amides is 2. The van der Waals surface area contributed by atoms with Crippen LogP contribution in [0.25, 0.3) is 0 Å². The van der Waals surface area contributed by atoms with Crippen LogP contribution in [0.1, 0.15) is 54.1 Å². The number of hydrogen-bond acceptors (Lipinski definition) is 3. The maximum Gasteiger partial charge on any atom is 0.251 e. The second-order valence-corrected chi connectivity index (χ2v) is 7.70. The van der Waals surface area contributed by atoms with Gasteiger partial charge in [-0.3, -0.25) is 9.59 Å².